The number of benzene rings is 1. The van der Waals surface area contributed by atoms with Gasteiger partial charge in [0.15, 0.2) is 0 Å². The topological polar surface area (TPSA) is 70.2 Å². The molecule has 1 aromatic rings. The van der Waals surface area contributed by atoms with Crippen LogP contribution in [-0.4, -0.2) is 24.9 Å². The van der Waals surface area contributed by atoms with Crippen LogP contribution in [0, 0.1) is 11.8 Å². The van der Waals surface area contributed by atoms with Crippen LogP contribution < -0.4 is 16.0 Å². The van der Waals surface area contributed by atoms with Crippen LogP contribution in [0.5, 0.6) is 0 Å². The van der Waals surface area contributed by atoms with E-state index in [1.54, 1.807) is 0 Å². The summed E-state index contributed by atoms with van der Waals surface area (Å²) in [6, 6.07) is 7.59. The molecule has 1 aliphatic carbocycles. The van der Waals surface area contributed by atoms with Gasteiger partial charge in [0, 0.05) is 18.2 Å². The first-order chi connectivity index (χ1) is 11.1. The summed E-state index contributed by atoms with van der Waals surface area (Å²) in [5, 5.41) is 8.97. The van der Waals surface area contributed by atoms with E-state index in [1.807, 2.05) is 38.1 Å². The molecule has 1 aliphatic rings. The minimum absolute atomic E-state index is 0. The highest BCUT2D eigenvalue weighted by Crippen LogP contribution is 2.27. The molecule has 0 spiro atoms. The fourth-order valence-electron chi connectivity index (χ4n) is 2.18. The van der Waals surface area contributed by atoms with Crippen molar-refractivity contribution in [3.8, 4) is 0 Å². The Labute approximate surface area is 150 Å². The Morgan fingerprint density at radius 1 is 1.29 bits per heavy atom. The number of hydrogen-bond acceptors (Lipinski definition) is 3. The van der Waals surface area contributed by atoms with Crippen molar-refractivity contribution in [3.05, 3.63) is 29.8 Å². The monoisotopic (exact) mass is 353 g/mol. The Morgan fingerprint density at radius 2 is 2.04 bits per heavy atom. The van der Waals surface area contributed by atoms with Gasteiger partial charge in [0.25, 0.3) is 0 Å². The molecule has 24 heavy (non-hydrogen) atoms. The summed E-state index contributed by atoms with van der Waals surface area (Å²) in [5.41, 5.74) is 1.75. The molecule has 134 valence electrons. The largest absolute Gasteiger partial charge is 0.351 e. The third kappa shape index (κ3) is 7.32. The quantitative estimate of drug-likeness (QED) is 0.639. The molecule has 0 heterocycles. The third-order valence-electron chi connectivity index (χ3n) is 4.16. The molecule has 0 saturated heterocycles. The minimum atomic E-state index is -0.00380. The highest BCUT2D eigenvalue weighted by molar-refractivity contribution is 5.92. The molecular weight excluding hydrogens is 326 g/mol. The molecule has 0 radical (unpaired) electrons. The Hall–Kier alpha value is -1.59. The van der Waals surface area contributed by atoms with Crippen molar-refractivity contribution >= 4 is 29.9 Å². The first-order valence-corrected chi connectivity index (χ1v) is 8.45. The second-order valence-corrected chi connectivity index (χ2v) is 6.35. The number of rotatable bonds is 9. The van der Waals surface area contributed by atoms with Gasteiger partial charge in [0.1, 0.15) is 0 Å². The van der Waals surface area contributed by atoms with E-state index in [4.69, 9.17) is 0 Å². The number of amides is 2. The van der Waals surface area contributed by atoms with Crippen LogP contribution in [0.15, 0.2) is 24.3 Å². The van der Waals surface area contributed by atoms with E-state index >= 15 is 0 Å². The van der Waals surface area contributed by atoms with Crippen molar-refractivity contribution in [2.45, 2.75) is 39.7 Å². The predicted molar refractivity (Wildman–Crippen MR) is 99.2 cm³/mol. The summed E-state index contributed by atoms with van der Waals surface area (Å²) in [4.78, 5) is 23.7. The molecule has 2 rings (SSSR count). The van der Waals surface area contributed by atoms with Crippen molar-refractivity contribution in [1.29, 1.82) is 0 Å². The van der Waals surface area contributed by atoms with Gasteiger partial charge in [0.2, 0.25) is 11.8 Å². The Balaban J connectivity index is 0.00000288. The average molecular weight is 354 g/mol. The zero-order valence-electron chi connectivity index (χ0n) is 14.4. The Kier molecular flexibility index (Phi) is 8.79. The lowest BCUT2D eigenvalue weighted by atomic mass is 10.1. The average Bonchev–Trinajstić information content (AvgIpc) is 3.36. The lowest BCUT2D eigenvalue weighted by molar-refractivity contribution is -0.120. The third-order valence-corrected chi connectivity index (χ3v) is 4.16. The molecule has 0 aromatic heterocycles. The van der Waals surface area contributed by atoms with Crippen molar-refractivity contribution < 1.29 is 9.59 Å². The number of nitrogens with one attached hydrogen (secondary N) is 3. The second-order valence-electron chi connectivity index (χ2n) is 6.35. The number of hydrogen-bond donors (Lipinski definition) is 3. The van der Waals surface area contributed by atoms with E-state index in [0.717, 1.165) is 30.1 Å². The molecule has 1 aromatic carbocycles. The Morgan fingerprint density at radius 3 is 2.71 bits per heavy atom. The lowest BCUT2D eigenvalue weighted by Crippen LogP contribution is -2.34. The Bertz CT molecular complexity index is 547. The maximum atomic E-state index is 11.9. The van der Waals surface area contributed by atoms with Gasteiger partial charge >= 0.3 is 0 Å². The van der Waals surface area contributed by atoms with E-state index in [9.17, 15) is 9.59 Å². The van der Waals surface area contributed by atoms with Crippen LogP contribution in [0.25, 0.3) is 0 Å². The van der Waals surface area contributed by atoms with E-state index < -0.39 is 0 Å². The maximum Gasteiger partial charge on any atom is 0.234 e. The molecule has 1 fully saturated rings. The molecule has 2 amide bonds. The minimum Gasteiger partial charge on any atom is -0.351 e. The smallest absolute Gasteiger partial charge is 0.234 e. The molecule has 1 unspecified atom stereocenters. The molecule has 6 heteroatoms. The zero-order valence-corrected chi connectivity index (χ0v) is 15.2. The number of carbonyl (C=O) groups excluding carboxylic acids is 2. The van der Waals surface area contributed by atoms with E-state index in [2.05, 4.69) is 16.0 Å². The van der Waals surface area contributed by atoms with Gasteiger partial charge < -0.3 is 16.0 Å². The summed E-state index contributed by atoms with van der Waals surface area (Å²) in [6.45, 7) is 5.67. The zero-order chi connectivity index (χ0) is 16.7. The van der Waals surface area contributed by atoms with Crippen molar-refractivity contribution in [2.75, 3.05) is 18.4 Å². The summed E-state index contributed by atoms with van der Waals surface area (Å²) in [6.07, 6.45) is 3.38. The summed E-state index contributed by atoms with van der Waals surface area (Å²) < 4.78 is 0. The predicted octanol–water partition coefficient (Wildman–Crippen LogP) is 2.71. The molecule has 5 nitrogen and oxygen atoms in total. The van der Waals surface area contributed by atoms with Gasteiger partial charge in [-0.25, -0.2) is 0 Å². The van der Waals surface area contributed by atoms with Crippen LogP contribution in [0.2, 0.25) is 0 Å². The van der Waals surface area contributed by atoms with Crippen LogP contribution >= 0.6 is 12.4 Å². The van der Waals surface area contributed by atoms with E-state index in [-0.39, 0.29) is 30.1 Å². The number of halogens is 1. The van der Waals surface area contributed by atoms with Gasteiger partial charge in [0.05, 0.1) is 6.54 Å². The van der Waals surface area contributed by atoms with Crippen molar-refractivity contribution in [3.63, 3.8) is 0 Å². The van der Waals surface area contributed by atoms with Crippen LogP contribution in [0.3, 0.4) is 0 Å². The molecule has 1 atom stereocenters. The van der Waals surface area contributed by atoms with Gasteiger partial charge in [-0.2, -0.15) is 0 Å². The molecule has 0 bridgehead atoms. The van der Waals surface area contributed by atoms with Crippen LogP contribution in [0.1, 0.15) is 38.7 Å². The first-order valence-electron chi connectivity index (χ1n) is 8.45. The second kappa shape index (κ2) is 10.3. The summed E-state index contributed by atoms with van der Waals surface area (Å²) in [5.74, 6) is 0.794. The summed E-state index contributed by atoms with van der Waals surface area (Å²) >= 11 is 0. The SMILES string of the molecule is CCC(C)C(=O)Nc1cccc(CNC(=O)CNCC2CC2)c1.Cl. The fraction of sp³-hybridized carbons (Fsp3) is 0.556. The fourth-order valence-corrected chi connectivity index (χ4v) is 2.18. The lowest BCUT2D eigenvalue weighted by Gasteiger charge is -2.11. The number of carbonyl (C=O) groups is 2. The van der Waals surface area contributed by atoms with Gasteiger partial charge in [-0.1, -0.05) is 26.0 Å². The standard InChI is InChI=1S/C18H27N3O2.ClH/c1-3-13(2)18(23)21-16-6-4-5-15(9-16)11-20-17(22)12-19-10-14-7-8-14;/h4-6,9,13-14,19H,3,7-8,10-12H2,1-2H3,(H,20,22)(H,21,23);1H. The highest BCUT2D eigenvalue weighted by atomic mass is 35.5. The van der Waals surface area contributed by atoms with Gasteiger partial charge in [-0.05, 0) is 49.4 Å². The van der Waals surface area contributed by atoms with E-state index in [1.165, 1.54) is 12.8 Å². The first kappa shape index (κ1) is 20.5. The maximum absolute atomic E-state index is 11.9. The molecule has 3 N–H and O–H groups in total. The van der Waals surface area contributed by atoms with Gasteiger partial charge in [-0.3, -0.25) is 9.59 Å². The van der Waals surface area contributed by atoms with Crippen molar-refractivity contribution in [1.82, 2.24) is 10.6 Å². The number of anilines is 1. The van der Waals surface area contributed by atoms with Gasteiger partial charge in [-0.15, -0.1) is 12.4 Å². The molecule has 1 saturated carbocycles. The highest BCUT2D eigenvalue weighted by Gasteiger charge is 2.20. The molecule has 0 aliphatic heterocycles. The normalized spacial score (nSPS) is 14.4. The van der Waals surface area contributed by atoms with Crippen molar-refractivity contribution in [2.24, 2.45) is 11.8 Å². The van der Waals surface area contributed by atoms with E-state index in [0.29, 0.717) is 13.1 Å². The van der Waals surface area contributed by atoms with Crippen LogP contribution in [0.4, 0.5) is 5.69 Å². The summed E-state index contributed by atoms with van der Waals surface area (Å²) in [7, 11) is 0. The molecular formula is C18H28ClN3O2. The van der Waals surface area contributed by atoms with Crippen LogP contribution in [-0.2, 0) is 16.1 Å².